The number of carbonyl (C=O) groups excluding carboxylic acids is 2. The lowest BCUT2D eigenvalue weighted by atomic mass is 10.1. The second-order valence-corrected chi connectivity index (χ2v) is 16.3. The van der Waals surface area contributed by atoms with Crippen LogP contribution in [0.3, 0.4) is 0 Å². The monoisotopic (exact) mass is 767 g/mol. The van der Waals surface area contributed by atoms with Gasteiger partial charge in [-0.15, -0.1) is 0 Å². The van der Waals surface area contributed by atoms with E-state index in [-0.39, 0.29) is 40.0 Å². The molecule has 0 aliphatic carbocycles. The highest BCUT2D eigenvalue weighted by molar-refractivity contribution is 8.00. The molecule has 7 rings (SSSR count). The van der Waals surface area contributed by atoms with Gasteiger partial charge in [0.05, 0.1) is 0 Å². The highest BCUT2D eigenvalue weighted by Gasteiger charge is 2.45. The minimum Gasteiger partial charge on any atom is -0.508 e. The first-order valence-electron chi connectivity index (χ1n) is 17.6. The number of amides is 2. The average molecular weight is 768 g/mol. The van der Waals surface area contributed by atoms with Crippen molar-refractivity contribution >= 4 is 63.9 Å². The molecule has 2 aliphatic heterocycles. The standard InChI is InChI=1S/C21H21N3O3S.C19H20N2O4S/c1-2-3-13-24-21(25)19(20(28(24,26)27)15-7-5-4-6-8-15)23-17-9-10-18-16(14-17)11-12-22-18;1-2-3-13-21-19(23)17(20-15-9-11-16(22)12-10-15)18(26(21,24)25)14-7-5-4-6-8-14/h4-12,14,22-23H,2-3,13H2,1H3;4-12,20,22H,2-3,13H2,1H3. The van der Waals surface area contributed by atoms with Gasteiger partial charge in [-0.1, -0.05) is 87.4 Å². The first kappa shape index (κ1) is 37.9. The maximum Gasteiger partial charge on any atom is 0.285 e. The van der Waals surface area contributed by atoms with E-state index in [0.717, 1.165) is 32.4 Å². The second-order valence-electron chi connectivity index (χ2n) is 12.7. The number of aromatic amines is 1. The summed E-state index contributed by atoms with van der Waals surface area (Å²) in [5, 5.41) is 16.4. The van der Waals surface area contributed by atoms with E-state index in [9.17, 15) is 31.5 Å². The van der Waals surface area contributed by atoms with Crippen LogP contribution in [0, 0.1) is 0 Å². The van der Waals surface area contributed by atoms with Gasteiger partial charge in [0, 0.05) is 41.6 Å². The van der Waals surface area contributed by atoms with Crippen molar-refractivity contribution in [3.63, 3.8) is 0 Å². The highest BCUT2D eigenvalue weighted by Crippen LogP contribution is 2.38. The minimum absolute atomic E-state index is 0.0210. The van der Waals surface area contributed by atoms with Crippen molar-refractivity contribution in [2.45, 2.75) is 39.5 Å². The maximum absolute atomic E-state index is 13.2. The Morgan fingerprint density at radius 3 is 1.56 bits per heavy atom. The molecule has 4 N–H and O–H groups in total. The SMILES string of the molecule is CCCCN1C(=O)C(Nc2ccc(O)cc2)=C(c2ccccc2)S1(=O)=O.CCCCN1C(=O)C(Nc2ccc3[nH]ccc3c2)=C(c2ccccc2)S1(=O)=O. The van der Waals surface area contributed by atoms with Gasteiger partial charge in [-0.2, -0.15) is 0 Å². The highest BCUT2D eigenvalue weighted by atomic mass is 32.2. The number of nitrogens with one attached hydrogen (secondary N) is 3. The molecule has 0 atom stereocenters. The summed E-state index contributed by atoms with van der Waals surface area (Å²) in [4.78, 5) is 29.0. The number of benzene rings is 4. The third-order valence-electron chi connectivity index (χ3n) is 8.89. The van der Waals surface area contributed by atoms with Crippen molar-refractivity contribution in [1.82, 2.24) is 13.6 Å². The lowest BCUT2D eigenvalue weighted by Gasteiger charge is -2.16. The van der Waals surface area contributed by atoms with Crippen LogP contribution in [-0.2, 0) is 29.6 Å². The summed E-state index contributed by atoms with van der Waals surface area (Å²) in [5.74, 6) is -0.991. The molecule has 14 heteroatoms. The molecule has 3 heterocycles. The molecule has 0 radical (unpaired) electrons. The Kier molecular flexibility index (Phi) is 11.2. The third-order valence-corrected chi connectivity index (χ3v) is 12.7. The Labute approximate surface area is 314 Å². The number of hydrogen-bond donors (Lipinski definition) is 4. The molecule has 0 saturated heterocycles. The summed E-state index contributed by atoms with van der Waals surface area (Å²) in [5.41, 5.74) is 3.23. The van der Waals surface area contributed by atoms with Gasteiger partial charge in [0.15, 0.2) is 0 Å². The van der Waals surface area contributed by atoms with Crippen LogP contribution in [0.1, 0.15) is 50.7 Å². The zero-order valence-corrected chi connectivity index (χ0v) is 31.5. The lowest BCUT2D eigenvalue weighted by molar-refractivity contribution is -0.122. The van der Waals surface area contributed by atoms with E-state index in [4.69, 9.17) is 0 Å². The summed E-state index contributed by atoms with van der Waals surface area (Å²) in [6.45, 7) is 4.23. The second kappa shape index (κ2) is 16.0. The van der Waals surface area contributed by atoms with E-state index < -0.39 is 31.9 Å². The van der Waals surface area contributed by atoms with Crippen molar-refractivity contribution in [2.24, 2.45) is 0 Å². The van der Waals surface area contributed by atoms with Crippen LogP contribution < -0.4 is 10.6 Å². The van der Waals surface area contributed by atoms with Gasteiger partial charge in [-0.25, -0.2) is 25.4 Å². The lowest BCUT2D eigenvalue weighted by Crippen LogP contribution is -2.33. The fourth-order valence-electron chi connectivity index (χ4n) is 6.14. The van der Waals surface area contributed by atoms with E-state index in [0.29, 0.717) is 35.3 Å². The van der Waals surface area contributed by atoms with Gasteiger partial charge >= 0.3 is 0 Å². The Morgan fingerprint density at radius 1 is 0.611 bits per heavy atom. The van der Waals surface area contributed by atoms with Crippen LogP contribution in [0.2, 0.25) is 0 Å². The Bertz CT molecular complexity index is 2440. The zero-order valence-electron chi connectivity index (χ0n) is 29.8. The first-order valence-corrected chi connectivity index (χ1v) is 20.5. The van der Waals surface area contributed by atoms with E-state index in [2.05, 4.69) is 15.6 Å². The fraction of sp³-hybridized carbons (Fsp3) is 0.200. The molecular weight excluding hydrogens is 727 g/mol. The number of anilines is 2. The number of phenolic OH excluding ortho intramolecular Hbond substituents is 1. The van der Waals surface area contributed by atoms with E-state index >= 15 is 0 Å². The van der Waals surface area contributed by atoms with Crippen molar-refractivity contribution in [3.05, 3.63) is 138 Å². The number of fused-ring (bicyclic) bond motifs is 1. The molecule has 280 valence electrons. The van der Waals surface area contributed by atoms with Crippen LogP contribution in [0.15, 0.2) is 127 Å². The largest absolute Gasteiger partial charge is 0.508 e. The van der Waals surface area contributed by atoms with Gasteiger partial charge in [0.2, 0.25) is 0 Å². The van der Waals surface area contributed by atoms with Crippen LogP contribution in [0.4, 0.5) is 11.4 Å². The van der Waals surface area contributed by atoms with Crippen molar-refractivity contribution in [2.75, 3.05) is 23.7 Å². The molecule has 5 aromatic rings. The molecule has 0 unspecified atom stereocenters. The number of nitrogens with zero attached hydrogens (tertiary/aromatic N) is 2. The zero-order chi connectivity index (χ0) is 38.5. The molecule has 4 aromatic carbocycles. The van der Waals surface area contributed by atoms with Crippen LogP contribution >= 0.6 is 0 Å². The number of aromatic hydroxyl groups is 1. The van der Waals surface area contributed by atoms with Crippen molar-refractivity contribution < 1.29 is 31.5 Å². The number of carbonyl (C=O) groups is 2. The van der Waals surface area contributed by atoms with Gasteiger partial charge in [0.25, 0.3) is 31.9 Å². The van der Waals surface area contributed by atoms with Crippen LogP contribution in [0.25, 0.3) is 20.7 Å². The van der Waals surface area contributed by atoms with E-state index in [1.165, 1.54) is 12.1 Å². The number of hydrogen-bond acceptors (Lipinski definition) is 9. The number of aromatic nitrogens is 1. The smallest absolute Gasteiger partial charge is 0.285 e. The van der Waals surface area contributed by atoms with Gasteiger partial charge in [-0.3, -0.25) is 9.59 Å². The summed E-state index contributed by atoms with van der Waals surface area (Å²) in [6, 6.07) is 31.0. The average Bonchev–Trinajstić information content (AvgIpc) is 3.76. The summed E-state index contributed by atoms with van der Waals surface area (Å²) < 4.78 is 54.3. The molecule has 0 fully saturated rings. The summed E-state index contributed by atoms with van der Waals surface area (Å²) in [6.07, 6.45) is 4.63. The van der Waals surface area contributed by atoms with Crippen molar-refractivity contribution in [1.29, 1.82) is 0 Å². The summed E-state index contributed by atoms with van der Waals surface area (Å²) >= 11 is 0. The first-order chi connectivity index (χ1) is 26.0. The number of phenols is 1. The Balaban J connectivity index is 0.000000185. The quantitative estimate of drug-likeness (QED) is 0.0971. The molecule has 1 aromatic heterocycles. The molecule has 2 amide bonds. The van der Waals surface area contributed by atoms with Gasteiger partial charge < -0.3 is 20.7 Å². The van der Waals surface area contributed by atoms with E-state index in [1.807, 2.05) is 50.4 Å². The Morgan fingerprint density at radius 2 is 1.07 bits per heavy atom. The fourth-order valence-corrected chi connectivity index (χ4v) is 9.60. The number of rotatable bonds is 12. The van der Waals surface area contributed by atoms with Crippen molar-refractivity contribution in [3.8, 4) is 5.75 Å². The number of unbranched alkanes of at least 4 members (excludes halogenated alkanes) is 2. The normalized spacial score (nSPS) is 16.2. The Hall–Kier alpha value is -5.86. The van der Waals surface area contributed by atoms with Gasteiger partial charge in [-0.05, 0) is 72.5 Å². The number of H-pyrrole nitrogens is 1. The molecule has 0 bridgehead atoms. The number of sulfonamides is 2. The third kappa shape index (κ3) is 7.61. The molecule has 12 nitrogen and oxygen atoms in total. The summed E-state index contributed by atoms with van der Waals surface area (Å²) in [7, 11) is -7.84. The maximum atomic E-state index is 13.2. The molecule has 0 spiro atoms. The van der Waals surface area contributed by atoms with Crippen LogP contribution in [0.5, 0.6) is 5.75 Å². The van der Waals surface area contributed by atoms with E-state index in [1.54, 1.807) is 66.7 Å². The molecule has 2 aliphatic rings. The predicted octanol–water partition coefficient (Wildman–Crippen LogP) is 7.07. The molecule has 54 heavy (non-hydrogen) atoms. The van der Waals surface area contributed by atoms with Crippen LogP contribution in [-0.4, -0.2) is 60.4 Å². The predicted molar refractivity (Wildman–Crippen MR) is 211 cm³/mol. The minimum atomic E-state index is -3.93. The molecule has 0 saturated carbocycles. The molecular formula is C40H41N5O7S2. The topological polar surface area (TPSA) is 169 Å². The van der Waals surface area contributed by atoms with Gasteiger partial charge in [0.1, 0.15) is 27.0 Å².